The second-order valence-electron chi connectivity index (χ2n) is 8.41. The van der Waals surface area contributed by atoms with Gasteiger partial charge in [0.05, 0.1) is 5.69 Å². The molecule has 0 bridgehead atoms. The molecule has 3 aromatic rings. The molecule has 9 heteroatoms. The Hall–Kier alpha value is -4.27. The summed E-state index contributed by atoms with van der Waals surface area (Å²) in [7, 11) is 0. The van der Waals surface area contributed by atoms with E-state index in [9.17, 15) is 9.59 Å². The highest BCUT2D eigenvalue weighted by molar-refractivity contribution is 5.92. The highest BCUT2D eigenvalue weighted by atomic mass is 16.2. The molecule has 4 rings (SSSR count). The summed E-state index contributed by atoms with van der Waals surface area (Å²) < 4.78 is 0. The van der Waals surface area contributed by atoms with Gasteiger partial charge < -0.3 is 21.7 Å². The third-order valence-corrected chi connectivity index (χ3v) is 5.36. The molecular weight excluding hydrogens is 442 g/mol. The number of hydrogen-bond acceptors (Lipinski definition) is 7. The highest BCUT2D eigenvalue weighted by Crippen LogP contribution is 2.27. The zero-order valence-corrected chi connectivity index (χ0v) is 19.4. The average molecular weight is 472 g/mol. The summed E-state index contributed by atoms with van der Waals surface area (Å²) in [6, 6.07) is 13.5. The minimum Gasteiger partial charge on any atom is -0.368 e. The smallest absolute Gasteiger partial charge is 0.243 e. The lowest BCUT2D eigenvalue weighted by atomic mass is 10.1. The molecule has 0 atom stereocenters. The Morgan fingerprint density at radius 2 is 1.97 bits per heavy atom. The number of amides is 2. The molecule has 9 nitrogen and oxygen atoms in total. The monoisotopic (exact) mass is 471 g/mol. The molecular formula is C26H29N7O2. The molecule has 5 N–H and O–H groups in total. The van der Waals surface area contributed by atoms with Crippen molar-refractivity contribution < 1.29 is 9.59 Å². The summed E-state index contributed by atoms with van der Waals surface area (Å²) in [6.45, 7) is 0.505. The van der Waals surface area contributed by atoms with Crippen molar-refractivity contribution in [2.24, 2.45) is 0 Å². The van der Waals surface area contributed by atoms with Gasteiger partial charge in [0.1, 0.15) is 5.82 Å². The normalized spacial score (nSPS) is 12.9. The summed E-state index contributed by atoms with van der Waals surface area (Å²) in [6.07, 6.45) is 10.6. The van der Waals surface area contributed by atoms with Crippen LogP contribution in [-0.4, -0.2) is 39.4 Å². The van der Waals surface area contributed by atoms with Crippen LogP contribution in [0.25, 0.3) is 17.3 Å². The van der Waals surface area contributed by atoms with Gasteiger partial charge in [0.25, 0.3) is 0 Å². The zero-order chi connectivity index (χ0) is 24.5. The predicted octanol–water partition coefficient (Wildman–Crippen LogP) is 3.63. The lowest BCUT2D eigenvalue weighted by molar-refractivity contribution is -0.116. The van der Waals surface area contributed by atoms with Gasteiger partial charge in [-0.25, -0.2) is 4.98 Å². The number of benzene rings is 1. The predicted molar refractivity (Wildman–Crippen MR) is 137 cm³/mol. The standard InChI is InChI=1S/C26H29N7O2/c27-26-32-22(16-23(33-26)30-20-10-11-20)19-6-3-7-21(15-19)31-25(35)8-1-2-14-29-24(34)12-9-18-5-4-13-28-17-18/h3-7,9,12-13,15-17,20H,1-2,8,10-11,14H2,(H,29,34)(H,31,35)(H3,27,30,32,33)/b12-9+. The van der Waals surface area contributed by atoms with Gasteiger partial charge in [0.15, 0.2) is 0 Å². The summed E-state index contributed by atoms with van der Waals surface area (Å²) in [5.74, 6) is 0.669. The molecule has 2 amide bonds. The Morgan fingerprint density at radius 3 is 2.77 bits per heavy atom. The van der Waals surface area contributed by atoms with E-state index in [2.05, 4.69) is 30.9 Å². The van der Waals surface area contributed by atoms with Gasteiger partial charge in [-0.1, -0.05) is 18.2 Å². The van der Waals surface area contributed by atoms with Crippen LogP contribution in [-0.2, 0) is 9.59 Å². The van der Waals surface area contributed by atoms with Crippen LogP contribution in [0.2, 0.25) is 0 Å². The minimum atomic E-state index is -0.170. The minimum absolute atomic E-state index is 0.0803. The van der Waals surface area contributed by atoms with E-state index in [-0.39, 0.29) is 17.8 Å². The zero-order valence-electron chi connectivity index (χ0n) is 19.4. The van der Waals surface area contributed by atoms with Gasteiger partial charge in [-0.05, 0) is 55.5 Å². The third-order valence-electron chi connectivity index (χ3n) is 5.36. The first-order chi connectivity index (χ1) is 17.0. The largest absolute Gasteiger partial charge is 0.368 e. The van der Waals surface area contributed by atoms with Gasteiger partial charge in [-0.15, -0.1) is 0 Å². The third kappa shape index (κ3) is 7.92. The van der Waals surface area contributed by atoms with Crippen molar-refractivity contribution in [2.75, 3.05) is 22.9 Å². The molecule has 1 saturated carbocycles. The first kappa shape index (κ1) is 23.9. The average Bonchev–Trinajstić information content (AvgIpc) is 3.67. The second-order valence-corrected chi connectivity index (χ2v) is 8.41. The summed E-state index contributed by atoms with van der Waals surface area (Å²) in [5, 5.41) is 9.08. The Morgan fingerprint density at radius 1 is 1.09 bits per heavy atom. The molecule has 0 radical (unpaired) electrons. The van der Waals surface area contributed by atoms with E-state index in [1.54, 1.807) is 18.5 Å². The van der Waals surface area contributed by atoms with E-state index < -0.39 is 0 Å². The molecule has 1 aromatic carbocycles. The fourth-order valence-corrected chi connectivity index (χ4v) is 3.43. The van der Waals surface area contributed by atoms with Gasteiger partial charge in [-0.3, -0.25) is 14.6 Å². The number of aromatic nitrogens is 3. The Labute approximate surface area is 204 Å². The quantitative estimate of drug-likeness (QED) is 0.248. The van der Waals surface area contributed by atoms with Crippen molar-refractivity contribution in [2.45, 2.75) is 38.1 Å². The van der Waals surface area contributed by atoms with Crippen LogP contribution in [0.15, 0.2) is 60.9 Å². The number of rotatable bonds is 11. The topological polar surface area (TPSA) is 135 Å². The molecule has 0 aliphatic heterocycles. The molecule has 1 aliphatic rings. The Kier molecular flexibility index (Phi) is 8.00. The van der Waals surface area contributed by atoms with E-state index in [1.807, 2.05) is 42.5 Å². The SMILES string of the molecule is Nc1nc(NC2CC2)cc(-c2cccc(NC(=O)CCCCNC(=O)/C=C/c3cccnc3)c2)n1. The van der Waals surface area contributed by atoms with Gasteiger partial charge in [-0.2, -0.15) is 4.98 Å². The molecule has 35 heavy (non-hydrogen) atoms. The number of carbonyl (C=O) groups is 2. The van der Waals surface area contributed by atoms with Crippen LogP contribution in [0.4, 0.5) is 17.5 Å². The van der Waals surface area contributed by atoms with Crippen molar-refractivity contribution in [3.8, 4) is 11.3 Å². The van der Waals surface area contributed by atoms with Gasteiger partial charge in [0, 0.05) is 54.8 Å². The number of hydrogen-bond donors (Lipinski definition) is 4. The van der Waals surface area contributed by atoms with Crippen LogP contribution >= 0.6 is 0 Å². The van der Waals surface area contributed by atoms with Crippen molar-refractivity contribution in [1.29, 1.82) is 0 Å². The van der Waals surface area contributed by atoms with Gasteiger partial charge in [0.2, 0.25) is 17.8 Å². The lowest BCUT2D eigenvalue weighted by Crippen LogP contribution is -2.22. The molecule has 2 heterocycles. The summed E-state index contributed by atoms with van der Waals surface area (Å²) >= 11 is 0. The Bertz CT molecular complexity index is 1190. The fourth-order valence-electron chi connectivity index (χ4n) is 3.43. The first-order valence-electron chi connectivity index (χ1n) is 11.7. The highest BCUT2D eigenvalue weighted by Gasteiger charge is 2.21. The maximum Gasteiger partial charge on any atom is 0.243 e. The van der Waals surface area contributed by atoms with E-state index in [1.165, 1.54) is 6.08 Å². The number of unbranched alkanes of at least 4 members (excludes halogenated alkanes) is 1. The van der Waals surface area contributed by atoms with Crippen molar-refractivity contribution in [1.82, 2.24) is 20.3 Å². The number of nitrogen functional groups attached to an aromatic ring is 1. The van der Waals surface area contributed by atoms with Gasteiger partial charge >= 0.3 is 0 Å². The van der Waals surface area contributed by atoms with Crippen LogP contribution in [0.5, 0.6) is 0 Å². The van der Waals surface area contributed by atoms with Crippen LogP contribution in [0, 0.1) is 0 Å². The number of pyridine rings is 1. The fraction of sp³-hybridized carbons (Fsp3) is 0.269. The maximum atomic E-state index is 12.4. The van der Waals surface area contributed by atoms with E-state index in [0.717, 1.165) is 24.0 Å². The number of anilines is 3. The van der Waals surface area contributed by atoms with Crippen molar-refractivity contribution >= 4 is 35.3 Å². The maximum absolute atomic E-state index is 12.4. The second kappa shape index (κ2) is 11.7. The number of nitrogens with zero attached hydrogens (tertiary/aromatic N) is 3. The first-order valence-corrected chi connectivity index (χ1v) is 11.7. The van der Waals surface area contributed by atoms with Crippen LogP contribution < -0.4 is 21.7 Å². The molecule has 0 spiro atoms. The molecule has 2 aromatic heterocycles. The van der Waals surface area contributed by atoms with E-state index in [4.69, 9.17) is 5.73 Å². The lowest BCUT2D eigenvalue weighted by Gasteiger charge is -2.10. The molecule has 180 valence electrons. The van der Waals surface area contributed by atoms with Crippen molar-refractivity contribution in [3.05, 3.63) is 66.5 Å². The number of nitrogens with two attached hydrogens (primary N) is 1. The Balaban J connectivity index is 1.20. The van der Waals surface area contributed by atoms with E-state index >= 15 is 0 Å². The number of nitrogens with one attached hydrogen (secondary N) is 3. The van der Waals surface area contributed by atoms with Crippen LogP contribution in [0.1, 0.15) is 37.7 Å². The van der Waals surface area contributed by atoms with Crippen molar-refractivity contribution in [3.63, 3.8) is 0 Å². The number of carbonyl (C=O) groups excluding carboxylic acids is 2. The molecule has 1 aliphatic carbocycles. The summed E-state index contributed by atoms with van der Waals surface area (Å²) in [5.41, 5.74) is 8.99. The van der Waals surface area contributed by atoms with E-state index in [0.29, 0.717) is 49.0 Å². The summed E-state index contributed by atoms with van der Waals surface area (Å²) in [4.78, 5) is 36.9. The van der Waals surface area contributed by atoms with Crippen LogP contribution in [0.3, 0.4) is 0 Å². The molecule has 1 fully saturated rings. The molecule has 0 saturated heterocycles. The molecule has 0 unspecified atom stereocenters.